The molecule has 0 aliphatic carbocycles. The summed E-state index contributed by atoms with van der Waals surface area (Å²) >= 11 is 0. The summed E-state index contributed by atoms with van der Waals surface area (Å²) in [6.45, 7) is 0. The van der Waals surface area contributed by atoms with E-state index in [9.17, 15) is 4.79 Å². The van der Waals surface area contributed by atoms with E-state index in [1.165, 1.54) is 0 Å². The number of anilines is 1. The molecule has 1 aromatic heterocycles. The number of nitrogens with one attached hydrogen (secondary N) is 1. The molecule has 102 valence electrons. The van der Waals surface area contributed by atoms with E-state index >= 15 is 0 Å². The summed E-state index contributed by atoms with van der Waals surface area (Å²) in [5, 5.41) is 11.1. The fourth-order valence-electron chi connectivity index (χ4n) is 2.15. The first-order valence-electron chi connectivity index (χ1n) is 6.47. The third-order valence-electron chi connectivity index (χ3n) is 3.12. The molecule has 0 spiro atoms. The number of hydrogen-bond donors (Lipinski definition) is 1. The number of aromatic nitrogens is 2. The summed E-state index contributed by atoms with van der Waals surface area (Å²) in [5.74, 6) is -0.307. The maximum Gasteiger partial charge on any atom is 0.238 e. The van der Waals surface area contributed by atoms with Gasteiger partial charge in [0, 0.05) is 11.4 Å². The zero-order chi connectivity index (χ0) is 14.7. The fraction of sp³-hybridized carbons (Fsp3) is 0.0625. The van der Waals surface area contributed by atoms with Crippen LogP contribution >= 0.6 is 0 Å². The molecule has 0 aliphatic heterocycles. The van der Waals surface area contributed by atoms with Crippen molar-refractivity contribution in [2.75, 3.05) is 5.32 Å². The van der Waals surface area contributed by atoms with Crippen molar-refractivity contribution < 1.29 is 4.79 Å². The smallest absolute Gasteiger partial charge is 0.238 e. The number of carbonyl (C=O) groups is 1. The van der Waals surface area contributed by atoms with Gasteiger partial charge in [0.1, 0.15) is 12.7 Å². The van der Waals surface area contributed by atoms with E-state index in [-0.39, 0.29) is 12.3 Å². The Hall–Kier alpha value is -3.13. The Morgan fingerprint density at radius 2 is 1.95 bits per heavy atom. The van der Waals surface area contributed by atoms with E-state index in [0.717, 1.165) is 16.7 Å². The predicted molar refractivity (Wildman–Crippen MR) is 79.9 cm³/mol. The summed E-state index contributed by atoms with van der Waals surface area (Å²) in [7, 11) is 0. The second-order valence-electron chi connectivity index (χ2n) is 4.53. The van der Waals surface area contributed by atoms with Crippen LogP contribution in [0.5, 0.6) is 0 Å². The fourth-order valence-corrected chi connectivity index (χ4v) is 2.15. The van der Waals surface area contributed by atoms with E-state index in [4.69, 9.17) is 5.26 Å². The first kappa shape index (κ1) is 12.9. The minimum absolute atomic E-state index is 0.145. The highest BCUT2D eigenvalue weighted by Crippen LogP contribution is 2.19. The second kappa shape index (κ2) is 5.47. The van der Waals surface area contributed by atoms with Crippen LogP contribution in [0.3, 0.4) is 0 Å². The topological polar surface area (TPSA) is 70.7 Å². The third-order valence-corrected chi connectivity index (χ3v) is 3.12. The van der Waals surface area contributed by atoms with Crippen LogP contribution in [0.25, 0.3) is 16.7 Å². The third kappa shape index (κ3) is 2.60. The number of nitrogens with zero attached hydrogens (tertiary/aromatic N) is 3. The summed E-state index contributed by atoms with van der Waals surface area (Å²) in [5.41, 5.74) is 3.59. The van der Waals surface area contributed by atoms with E-state index in [1.807, 2.05) is 47.0 Å². The van der Waals surface area contributed by atoms with Gasteiger partial charge in [-0.2, -0.15) is 5.26 Å². The lowest BCUT2D eigenvalue weighted by Gasteiger charge is -2.07. The molecule has 0 saturated carbocycles. The molecule has 0 aliphatic rings. The minimum atomic E-state index is -0.307. The van der Waals surface area contributed by atoms with Crippen molar-refractivity contribution in [3.8, 4) is 11.8 Å². The van der Waals surface area contributed by atoms with Crippen LogP contribution in [0.4, 0.5) is 5.69 Å². The molecule has 0 fully saturated rings. The summed E-state index contributed by atoms with van der Waals surface area (Å²) in [4.78, 5) is 15.7. The molecule has 0 radical (unpaired) electrons. The first-order chi connectivity index (χ1) is 10.3. The van der Waals surface area contributed by atoms with Crippen LogP contribution < -0.4 is 5.32 Å². The van der Waals surface area contributed by atoms with Crippen LogP contribution in [0.1, 0.15) is 6.42 Å². The van der Waals surface area contributed by atoms with Gasteiger partial charge in [0.05, 0.1) is 17.1 Å². The highest BCUT2D eigenvalue weighted by molar-refractivity contribution is 5.92. The quantitative estimate of drug-likeness (QED) is 0.799. The minimum Gasteiger partial charge on any atom is -0.325 e. The van der Waals surface area contributed by atoms with Gasteiger partial charge in [-0.25, -0.2) is 4.98 Å². The SMILES string of the molecule is N#CCC(=O)Nc1ccc(-n2cnc3ccccc32)cc1. The molecule has 21 heavy (non-hydrogen) atoms. The van der Waals surface area contributed by atoms with Crippen LogP contribution in [0, 0.1) is 11.3 Å². The van der Waals surface area contributed by atoms with Gasteiger partial charge in [0.15, 0.2) is 0 Å². The molecule has 1 N–H and O–H groups in total. The van der Waals surface area contributed by atoms with Crippen LogP contribution in [0.15, 0.2) is 54.9 Å². The molecule has 1 heterocycles. The first-order valence-corrected chi connectivity index (χ1v) is 6.47. The number of para-hydroxylation sites is 2. The molecule has 5 nitrogen and oxygen atoms in total. The second-order valence-corrected chi connectivity index (χ2v) is 4.53. The van der Waals surface area contributed by atoms with Crippen LogP contribution in [0.2, 0.25) is 0 Å². The Bertz CT molecular complexity index is 827. The Kier molecular flexibility index (Phi) is 3.36. The number of nitriles is 1. The summed E-state index contributed by atoms with van der Waals surface area (Å²) < 4.78 is 1.98. The molecule has 2 aromatic carbocycles. The average Bonchev–Trinajstić information content (AvgIpc) is 2.92. The van der Waals surface area contributed by atoms with E-state index in [1.54, 1.807) is 18.5 Å². The standard InChI is InChI=1S/C16H12N4O/c17-10-9-16(21)19-12-5-7-13(8-6-12)20-11-18-14-3-1-2-4-15(14)20/h1-8,11H,9H2,(H,19,21). The van der Waals surface area contributed by atoms with Gasteiger partial charge in [-0.15, -0.1) is 0 Å². The normalized spacial score (nSPS) is 10.2. The van der Waals surface area contributed by atoms with Gasteiger partial charge in [-0.1, -0.05) is 12.1 Å². The van der Waals surface area contributed by atoms with E-state index < -0.39 is 0 Å². The molecule has 3 rings (SSSR count). The highest BCUT2D eigenvalue weighted by Gasteiger charge is 2.05. The maximum atomic E-state index is 11.4. The molecule has 0 unspecified atom stereocenters. The Labute approximate surface area is 121 Å². The van der Waals surface area contributed by atoms with Crippen molar-refractivity contribution in [1.29, 1.82) is 5.26 Å². The zero-order valence-corrected chi connectivity index (χ0v) is 11.2. The zero-order valence-electron chi connectivity index (χ0n) is 11.2. The number of rotatable bonds is 3. The van der Waals surface area contributed by atoms with Crippen LogP contribution in [-0.2, 0) is 4.79 Å². The number of carbonyl (C=O) groups excluding carboxylic acids is 1. The van der Waals surface area contributed by atoms with Gasteiger partial charge >= 0.3 is 0 Å². The van der Waals surface area contributed by atoms with Crippen molar-refractivity contribution in [2.45, 2.75) is 6.42 Å². The van der Waals surface area contributed by atoms with Crippen molar-refractivity contribution >= 4 is 22.6 Å². The number of fused-ring (bicyclic) bond motifs is 1. The van der Waals surface area contributed by atoms with Crippen molar-refractivity contribution in [2.24, 2.45) is 0 Å². The van der Waals surface area contributed by atoms with E-state index in [2.05, 4.69) is 10.3 Å². The van der Waals surface area contributed by atoms with Crippen molar-refractivity contribution in [1.82, 2.24) is 9.55 Å². The number of hydrogen-bond acceptors (Lipinski definition) is 3. The van der Waals surface area contributed by atoms with Crippen molar-refractivity contribution in [3.05, 3.63) is 54.9 Å². The molecular formula is C16H12N4O. The molecule has 1 amide bonds. The molecule has 0 bridgehead atoms. The Balaban J connectivity index is 1.87. The lowest BCUT2D eigenvalue weighted by Crippen LogP contribution is -2.09. The number of benzene rings is 2. The van der Waals surface area contributed by atoms with Gasteiger partial charge in [-0.3, -0.25) is 9.36 Å². The summed E-state index contributed by atoms with van der Waals surface area (Å²) in [6, 6.07) is 17.1. The monoisotopic (exact) mass is 276 g/mol. The highest BCUT2D eigenvalue weighted by atomic mass is 16.1. The molecular weight excluding hydrogens is 264 g/mol. The molecule has 3 aromatic rings. The average molecular weight is 276 g/mol. The Morgan fingerprint density at radius 1 is 1.19 bits per heavy atom. The lowest BCUT2D eigenvalue weighted by atomic mass is 10.2. The Morgan fingerprint density at radius 3 is 2.71 bits per heavy atom. The number of imidazole rings is 1. The summed E-state index contributed by atoms with van der Waals surface area (Å²) in [6.07, 6.45) is 1.63. The molecule has 5 heteroatoms. The lowest BCUT2D eigenvalue weighted by molar-refractivity contribution is -0.115. The van der Waals surface area contributed by atoms with Gasteiger partial charge in [0.2, 0.25) is 5.91 Å². The number of amides is 1. The van der Waals surface area contributed by atoms with Gasteiger partial charge in [-0.05, 0) is 36.4 Å². The predicted octanol–water partition coefficient (Wildman–Crippen LogP) is 2.88. The van der Waals surface area contributed by atoms with Gasteiger partial charge < -0.3 is 5.32 Å². The molecule has 0 saturated heterocycles. The van der Waals surface area contributed by atoms with Crippen molar-refractivity contribution in [3.63, 3.8) is 0 Å². The van der Waals surface area contributed by atoms with Gasteiger partial charge in [0.25, 0.3) is 0 Å². The largest absolute Gasteiger partial charge is 0.325 e. The maximum absolute atomic E-state index is 11.4. The van der Waals surface area contributed by atoms with E-state index in [0.29, 0.717) is 5.69 Å². The molecule has 0 atom stereocenters. The van der Waals surface area contributed by atoms with Crippen LogP contribution in [-0.4, -0.2) is 15.5 Å².